The number of hydrogen-bond donors (Lipinski definition) is 2. The maximum absolute atomic E-state index is 10.5. The monoisotopic (exact) mass is 197 g/mol. The van der Waals surface area contributed by atoms with Crippen molar-refractivity contribution in [1.29, 1.82) is 0 Å². The lowest BCUT2D eigenvalue weighted by atomic mass is 9.92. The number of carbonyl (C=O) groups is 1. The van der Waals surface area contributed by atoms with E-state index in [1.54, 1.807) is 0 Å². The number of nitrogens with two attached hydrogens (primary N) is 1. The van der Waals surface area contributed by atoms with Crippen LogP contribution in [-0.4, -0.2) is 11.7 Å². The molecule has 0 saturated heterocycles. The summed E-state index contributed by atoms with van der Waals surface area (Å²) in [5.41, 5.74) is 8.34. The maximum atomic E-state index is 10.5. The fraction of sp³-hybridized carbons (Fsp3) is 0.800. The van der Waals surface area contributed by atoms with Gasteiger partial charge in [-0.3, -0.25) is 0 Å². The van der Waals surface area contributed by atoms with Crippen LogP contribution in [0, 0.1) is 11.8 Å². The average molecular weight is 197 g/mol. The minimum Gasteiger partial charge on any atom is -0.350 e. The Morgan fingerprint density at radius 2 is 1.93 bits per heavy atom. The molecule has 0 aromatic heterocycles. The highest BCUT2D eigenvalue weighted by molar-refractivity contribution is 5.88. The number of carbonyl (C=O) groups excluding carboxylic acids is 1. The zero-order valence-corrected chi connectivity index (χ0v) is 8.92. The molecule has 1 aliphatic carbocycles. The molecular weight excluding hydrogens is 178 g/mol. The summed E-state index contributed by atoms with van der Waals surface area (Å²) >= 11 is 0. The van der Waals surface area contributed by atoms with Crippen molar-refractivity contribution < 1.29 is 4.79 Å². The summed E-state index contributed by atoms with van der Waals surface area (Å²) in [6, 6.07) is -0.578. The molecule has 4 nitrogen and oxygen atoms in total. The van der Waals surface area contributed by atoms with Gasteiger partial charge >= 0.3 is 6.03 Å². The fourth-order valence-electron chi connectivity index (χ4n) is 2.20. The van der Waals surface area contributed by atoms with Gasteiger partial charge in [0.15, 0.2) is 0 Å². The Balaban J connectivity index is 2.52. The van der Waals surface area contributed by atoms with Crippen LogP contribution in [0.25, 0.3) is 0 Å². The lowest BCUT2D eigenvalue weighted by Crippen LogP contribution is -2.25. The summed E-state index contributed by atoms with van der Waals surface area (Å²) in [7, 11) is 0. The van der Waals surface area contributed by atoms with Crippen molar-refractivity contribution in [3.8, 4) is 0 Å². The van der Waals surface area contributed by atoms with Gasteiger partial charge < -0.3 is 5.73 Å². The van der Waals surface area contributed by atoms with Crippen molar-refractivity contribution in [3.63, 3.8) is 0 Å². The van der Waals surface area contributed by atoms with Crippen molar-refractivity contribution in [2.24, 2.45) is 22.7 Å². The highest BCUT2D eigenvalue weighted by atomic mass is 16.2. The molecule has 14 heavy (non-hydrogen) atoms. The normalized spacial score (nSPS) is 29.4. The predicted molar refractivity (Wildman–Crippen MR) is 57.0 cm³/mol. The van der Waals surface area contributed by atoms with Crippen LogP contribution in [0.15, 0.2) is 5.10 Å². The summed E-state index contributed by atoms with van der Waals surface area (Å²) in [6.45, 7) is 4.41. The van der Waals surface area contributed by atoms with E-state index >= 15 is 0 Å². The average Bonchev–Trinajstić information content (AvgIpc) is 2.57. The van der Waals surface area contributed by atoms with E-state index in [1.165, 1.54) is 12.8 Å². The molecule has 1 saturated carbocycles. The summed E-state index contributed by atoms with van der Waals surface area (Å²) in [5, 5.41) is 4.01. The first-order chi connectivity index (χ1) is 6.67. The molecule has 0 aliphatic heterocycles. The lowest BCUT2D eigenvalue weighted by Gasteiger charge is -2.13. The number of nitrogens with one attached hydrogen (secondary N) is 1. The van der Waals surface area contributed by atoms with Crippen LogP contribution in [-0.2, 0) is 0 Å². The summed E-state index contributed by atoms with van der Waals surface area (Å²) < 4.78 is 0. The van der Waals surface area contributed by atoms with Gasteiger partial charge in [0.25, 0.3) is 0 Å². The van der Waals surface area contributed by atoms with E-state index in [1.807, 2.05) is 0 Å². The third-order valence-corrected chi connectivity index (χ3v) is 3.04. The van der Waals surface area contributed by atoms with E-state index in [2.05, 4.69) is 24.4 Å². The number of hydrazone groups is 1. The molecule has 0 heterocycles. The number of hydrogen-bond acceptors (Lipinski definition) is 2. The van der Waals surface area contributed by atoms with Gasteiger partial charge in [-0.05, 0) is 24.7 Å². The molecule has 2 amide bonds. The third-order valence-electron chi connectivity index (χ3n) is 3.04. The second-order valence-corrected chi connectivity index (χ2v) is 3.90. The van der Waals surface area contributed by atoms with E-state index in [0.29, 0.717) is 0 Å². The van der Waals surface area contributed by atoms with Crippen molar-refractivity contribution in [2.75, 3.05) is 0 Å². The van der Waals surface area contributed by atoms with Crippen LogP contribution < -0.4 is 11.2 Å². The smallest absolute Gasteiger partial charge is 0.332 e. The second-order valence-electron chi connectivity index (χ2n) is 3.90. The molecule has 0 bridgehead atoms. The summed E-state index contributed by atoms with van der Waals surface area (Å²) in [4.78, 5) is 10.5. The predicted octanol–water partition coefficient (Wildman–Crippen LogP) is 1.86. The van der Waals surface area contributed by atoms with E-state index < -0.39 is 6.03 Å². The largest absolute Gasteiger partial charge is 0.350 e. The minimum absolute atomic E-state index is 0.578. The Bertz CT molecular complexity index is 224. The highest BCUT2D eigenvalue weighted by Crippen LogP contribution is 2.34. The zero-order chi connectivity index (χ0) is 10.6. The molecule has 0 aromatic rings. The van der Waals surface area contributed by atoms with Gasteiger partial charge in [-0.1, -0.05) is 26.7 Å². The van der Waals surface area contributed by atoms with Crippen molar-refractivity contribution >= 4 is 11.7 Å². The quantitative estimate of drug-likeness (QED) is 0.666. The molecule has 0 spiro atoms. The van der Waals surface area contributed by atoms with Gasteiger partial charge in [-0.25, -0.2) is 10.2 Å². The van der Waals surface area contributed by atoms with E-state index in [9.17, 15) is 4.79 Å². The number of rotatable bonds is 3. The van der Waals surface area contributed by atoms with Crippen LogP contribution in [0.5, 0.6) is 0 Å². The van der Waals surface area contributed by atoms with Crippen LogP contribution in [0.2, 0.25) is 0 Å². The van der Waals surface area contributed by atoms with Crippen LogP contribution >= 0.6 is 0 Å². The van der Waals surface area contributed by atoms with Crippen LogP contribution in [0.3, 0.4) is 0 Å². The SMILES string of the molecule is CC[C@@H]1CC(=NNC(N)=O)C[C@@H]1CC. The zero-order valence-electron chi connectivity index (χ0n) is 8.92. The van der Waals surface area contributed by atoms with Crippen molar-refractivity contribution in [1.82, 2.24) is 5.43 Å². The van der Waals surface area contributed by atoms with Gasteiger partial charge in [0, 0.05) is 5.71 Å². The molecule has 1 fully saturated rings. The third kappa shape index (κ3) is 2.72. The first kappa shape index (κ1) is 11.0. The molecule has 1 aliphatic rings. The number of primary amides is 1. The summed E-state index contributed by atoms with van der Waals surface area (Å²) in [5.74, 6) is 1.46. The Labute approximate surface area is 84.9 Å². The Kier molecular flexibility index (Phi) is 3.92. The molecule has 2 atom stereocenters. The number of urea groups is 1. The lowest BCUT2D eigenvalue weighted by molar-refractivity contribution is 0.249. The highest BCUT2D eigenvalue weighted by Gasteiger charge is 2.28. The van der Waals surface area contributed by atoms with E-state index in [4.69, 9.17) is 5.73 Å². The Morgan fingerprint density at radius 3 is 2.29 bits per heavy atom. The van der Waals surface area contributed by atoms with Gasteiger partial charge in [0.2, 0.25) is 0 Å². The van der Waals surface area contributed by atoms with Crippen LogP contribution in [0.4, 0.5) is 4.79 Å². The van der Waals surface area contributed by atoms with E-state index in [-0.39, 0.29) is 0 Å². The minimum atomic E-state index is -0.578. The van der Waals surface area contributed by atoms with Crippen LogP contribution in [0.1, 0.15) is 39.5 Å². The maximum Gasteiger partial charge on any atom is 0.332 e. The fourth-order valence-corrected chi connectivity index (χ4v) is 2.20. The molecule has 80 valence electrons. The first-order valence-corrected chi connectivity index (χ1v) is 5.28. The Morgan fingerprint density at radius 1 is 1.43 bits per heavy atom. The van der Waals surface area contributed by atoms with Gasteiger partial charge in [0.05, 0.1) is 0 Å². The molecule has 4 heteroatoms. The topological polar surface area (TPSA) is 67.5 Å². The van der Waals surface area contributed by atoms with Gasteiger partial charge in [-0.15, -0.1) is 0 Å². The summed E-state index contributed by atoms with van der Waals surface area (Å²) in [6.07, 6.45) is 4.40. The van der Waals surface area contributed by atoms with Gasteiger partial charge in [-0.2, -0.15) is 5.10 Å². The van der Waals surface area contributed by atoms with Crippen molar-refractivity contribution in [2.45, 2.75) is 39.5 Å². The van der Waals surface area contributed by atoms with E-state index in [0.717, 1.165) is 30.4 Å². The Hall–Kier alpha value is -1.06. The second kappa shape index (κ2) is 4.98. The molecule has 0 unspecified atom stereocenters. The first-order valence-electron chi connectivity index (χ1n) is 5.28. The number of amides is 2. The molecule has 1 rings (SSSR count). The van der Waals surface area contributed by atoms with Gasteiger partial charge in [0.1, 0.15) is 0 Å². The molecular formula is C10H19N3O. The molecule has 0 radical (unpaired) electrons. The molecule has 3 N–H and O–H groups in total. The number of nitrogens with zero attached hydrogens (tertiary/aromatic N) is 1. The standard InChI is InChI=1S/C10H19N3O/c1-3-7-5-9(6-8(7)4-2)12-13-10(11)14/h7-8H,3-6H2,1-2H3,(H3,11,13,14)/t7-,8+. The van der Waals surface area contributed by atoms with Crippen molar-refractivity contribution in [3.05, 3.63) is 0 Å². The molecule has 0 aromatic carbocycles.